The third-order valence-corrected chi connectivity index (χ3v) is 3.33. The summed E-state index contributed by atoms with van der Waals surface area (Å²) in [4.78, 5) is 4.41. The minimum absolute atomic E-state index is 0.796. The lowest BCUT2D eigenvalue weighted by atomic mass is 10.2. The highest BCUT2D eigenvalue weighted by molar-refractivity contribution is 14.1. The number of hydrogen-bond donors (Lipinski definition) is 1. The highest BCUT2D eigenvalue weighted by Gasteiger charge is 2.07. The second kappa shape index (κ2) is 3.86. The minimum atomic E-state index is 0.796. The number of aromatic nitrogens is 1. The number of rotatable bonds is 1. The third kappa shape index (κ3) is 1.90. The van der Waals surface area contributed by atoms with Crippen molar-refractivity contribution in [1.82, 2.24) is 4.98 Å². The van der Waals surface area contributed by atoms with Crippen molar-refractivity contribution >= 4 is 38.9 Å². The topological polar surface area (TPSA) is 38.9 Å². The number of halogens is 1. The highest BCUT2D eigenvalue weighted by Crippen LogP contribution is 2.30. The first kappa shape index (κ1) is 9.92. The van der Waals surface area contributed by atoms with Crippen molar-refractivity contribution in [2.45, 2.75) is 6.92 Å². The largest absolute Gasteiger partial charge is 0.389 e. The van der Waals surface area contributed by atoms with Crippen molar-refractivity contribution < 1.29 is 0 Å². The quantitative estimate of drug-likeness (QED) is 0.820. The van der Waals surface area contributed by atoms with Gasteiger partial charge in [-0.05, 0) is 41.6 Å². The Morgan fingerprint density at radius 1 is 1.43 bits per heavy atom. The van der Waals surface area contributed by atoms with E-state index in [0.717, 1.165) is 21.3 Å². The van der Waals surface area contributed by atoms with Crippen molar-refractivity contribution in [2.24, 2.45) is 0 Å². The van der Waals surface area contributed by atoms with Gasteiger partial charge in [0.2, 0.25) is 0 Å². The van der Waals surface area contributed by atoms with E-state index in [2.05, 4.69) is 39.7 Å². The van der Waals surface area contributed by atoms with Crippen molar-refractivity contribution in [1.29, 1.82) is 0 Å². The summed E-state index contributed by atoms with van der Waals surface area (Å²) in [6.45, 7) is 1.97. The van der Waals surface area contributed by atoms with Crippen LogP contribution < -0.4 is 5.73 Å². The van der Waals surface area contributed by atoms with Gasteiger partial charge in [0.25, 0.3) is 0 Å². The standard InChI is InChI=1S/C10H9IN2S/c1-6-13-9(10(12)14-6)7-3-2-4-8(11)5-7/h2-5H,12H2,1H3. The van der Waals surface area contributed by atoms with Crippen LogP contribution in [0.5, 0.6) is 0 Å². The van der Waals surface area contributed by atoms with E-state index in [1.165, 1.54) is 14.9 Å². The molecule has 4 heteroatoms. The maximum absolute atomic E-state index is 5.88. The molecular weight excluding hydrogens is 307 g/mol. The highest BCUT2D eigenvalue weighted by atomic mass is 127. The number of nitrogens with zero attached hydrogens (tertiary/aromatic N) is 1. The lowest BCUT2D eigenvalue weighted by Crippen LogP contribution is -1.86. The van der Waals surface area contributed by atoms with Crippen LogP contribution in [0.3, 0.4) is 0 Å². The molecule has 2 aromatic rings. The molecule has 0 amide bonds. The molecule has 0 spiro atoms. The molecule has 14 heavy (non-hydrogen) atoms. The molecule has 0 saturated heterocycles. The maximum atomic E-state index is 5.88. The number of anilines is 1. The average molecular weight is 316 g/mol. The Hall–Kier alpha value is -0.620. The van der Waals surface area contributed by atoms with Crippen LogP contribution in [0.2, 0.25) is 0 Å². The normalized spacial score (nSPS) is 10.4. The second-order valence-electron chi connectivity index (χ2n) is 2.96. The molecule has 1 heterocycles. The molecule has 2 N–H and O–H groups in total. The van der Waals surface area contributed by atoms with Gasteiger partial charge in [-0.15, -0.1) is 11.3 Å². The van der Waals surface area contributed by atoms with E-state index in [4.69, 9.17) is 5.73 Å². The number of hydrogen-bond acceptors (Lipinski definition) is 3. The fourth-order valence-electron chi connectivity index (χ4n) is 1.29. The van der Waals surface area contributed by atoms with Crippen LogP contribution in [0.1, 0.15) is 5.01 Å². The molecule has 72 valence electrons. The van der Waals surface area contributed by atoms with Crippen LogP contribution in [-0.4, -0.2) is 4.98 Å². The summed E-state index contributed by atoms with van der Waals surface area (Å²) < 4.78 is 1.20. The molecule has 2 nitrogen and oxygen atoms in total. The number of nitrogens with two attached hydrogens (primary N) is 1. The zero-order valence-electron chi connectivity index (χ0n) is 7.62. The van der Waals surface area contributed by atoms with Gasteiger partial charge in [-0.25, -0.2) is 4.98 Å². The van der Waals surface area contributed by atoms with E-state index in [9.17, 15) is 0 Å². The average Bonchev–Trinajstić information content (AvgIpc) is 2.45. The zero-order valence-corrected chi connectivity index (χ0v) is 10.6. The second-order valence-corrected chi connectivity index (χ2v) is 5.44. The Balaban J connectivity index is 2.54. The van der Waals surface area contributed by atoms with Crippen molar-refractivity contribution in [2.75, 3.05) is 5.73 Å². The van der Waals surface area contributed by atoms with Gasteiger partial charge >= 0.3 is 0 Å². The number of nitrogen functional groups attached to an aromatic ring is 1. The molecule has 2 rings (SSSR count). The van der Waals surface area contributed by atoms with Crippen LogP contribution in [0.25, 0.3) is 11.3 Å². The van der Waals surface area contributed by atoms with E-state index < -0.39 is 0 Å². The smallest absolute Gasteiger partial charge is 0.114 e. The van der Waals surface area contributed by atoms with E-state index in [1.807, 2.05) is 19.1 Å². The van der Waals surface area contributed by atoms with Crippen LogP contribution in [0, 0.1) is 10.5 Å². The summed E-state index contributed by atoms with van der Waals surface area (Å²) in [5.74, 6) is 0. The SMILES string of the molecule is Cc1nc(-c2cccc(I)c2)c(N)s1. The lowest BCUT2D eigenvalue weighted by molar-refractivity contribution is 1.30. The summed E-state index contributed by atoms with van der Waals surface area (Å²) in [6.07, 6.45) is 0. The summed E-state index contributed by atoms with van der Waals surface area (Å²) in [5.41, 5.74) is 7.88. The van der Waals surface area contributed by atoms with Gasteiger partial charge < -0.3 is 5.73 Å². The van der Waals surface area contributed by atoms with Gasteiger partial charge in [0, 0.05) is 9.13 Å². The Labute approximate surface area is 100 Å². The molecule has 0 atom stereocenters. The molecule has 0 bridgehead atoms. The molecule has 0 aliphatic heterocycles. The zero-order chi connectivity index (χ0) is 10.1. The molecule has 0 saturated carbocycles. The first-order valence-electron chi connectivity index (χ1n) is 4.15. The monoisotopic (exact) mass is 316 g/mol. The molecule has 1 aromatic carbocycles. The first-order chi connectivity index (χ1) is 6.66. The van der Waals surface area contributed by atoms with Crippen LogP contribution >= 0.6 is 33.9 Å². The van der Waals surface area contributed by atoms with E-state index in [-0.39, 0.29) is 0 Å². The van der Waals surface area contributed by atoms with Gasteiger partial charge in [-0.3, -0.25) is 0 Å². The number of aryl methyl sites for hydroxylation is 1. The fraction of sp³-hybridized carbons (Fsp3) is 0.100. The summed E-state index contributed by atoms with van der Waals surface area (Å²) >= 11 is 3.82. The maximum Gasteiger partial charge on any atom is 0.114 e. The Bertz CT molecular complexity index is 465. The number of benzene rings is 1. The van der Waals surface area contributed by atoms with Gasteiger partial charge in [-0.2, -0.15) is 0 Å². The minimum Gasteiger partial charge on any atom is -0.389 e. The van der Waals surface area contributed by atoms with Gasteiger partial charge in [0.05, 0.1) is 5.01 Å². The fourth-order valence-corrected chi connectivity index (χ4v) is 2.54. The Kier molecular flexibility index (Phi) is 2.73. The van der Waals surface area contributed by atoms with Crippen LogP contribution in [0.15, 0.2) is 24.3 Å². The molecule has 0 radical (unpaired) electrons. The molecule has 0 unspecified atom stereocenters. The molecular formula is C10H9IN2S. The predicted molar refractivity (Wildman–Crippen MR) is 69.4 cm³/mol. The summed E-state index contributed by atoms with van der Waals surface area (Å²) in [5, 5.41) is 1.81. The van der Waals surface area contributed by atoms with Gasteiger partial charge in [-0.1, -0.05) is 12.1 Å². The van der Waals surface area contributed by atoms with Gasteiger partial charge in [0.1, 0.15) is 10.7 Å². The molecule has 0 aliphatic carbocycles. The van der Waals surface area contributed by atoms with E-state index in [1.54, 1.807) is 0 Å². The van der Waals surface area contributed by atoms with E-state index in [0.29, 0.717) is 0 Å². The third-order valence-electron chi connectivity index (χ3n) is 1.86. The molecule has 1 aromatic heterocycles. The molecule has 0 fully saturated rings. The Morgan fingerprint density at radius 2 is 2.21 bits per heavy atom. The van der Waals surface area contributed by atoms with Crippen molar-refractivity contribution in [3.63, 3.8) is 0 Å². The Morgan fingerprint density at radius 3 is 2.79 bits per heavy atom. The predicted octanol–water partition coefficient (Wildman–Crippen LogP) is 3.31. The first-order valence-corrected chi connectivity index (χ1v) is 6.05. The summed E-state index contributed by atoms with van der Waals surface area (Å²) in [7, 11) is 0. The summed E-state index contributed by atoms with van der Waals surface area (Å²) in [6, 6.07) is 8.20. The van der Waals surface area contributed by atoms with Crippen molar-refractivity contribution in [3.05, 3.63) is 32.8 Å². The van der Waals surface area contributed by atoms with Crippen LogP contribution in [0.4, 0.5) is 5.00 Å². The lowest BCUT2D eigenvalue weighted by Gasteiger charge is -1.98. The van der Waals surface area contributed by atoms with Crippen molar-refractivity contribution in [3.8, 4) is 11.3 Å². The van der Waals surface area contributed by atoms with E-state index >= 15 is 0 Å². The number of thiazole rings is 1. The van der Waals surface area contributed by atoms with Crippen LogP contribution in [-0.2, 0) is 0 Å². The molecule has 0 aliphatic rings. The van der Waals surface area contributed by atoms with Gasteiger partial charge in [0.15, 0.2) is 0 Å².